The number of amides is 1. The Balaban J connectivity index is 1.75. The van der Waals surface area contributed by atoms with Gasteiger partial charge in [-0.05, 0) is 17.7 Å². The molecule has 0 atom stereocenters. The minimum Gasteiger partial charge on any atom is -0.372 e. The number of carbonyl (C=O) groups excluding carboxylic acids is 1. The van der Waals surface area contributed by atoms with Crippen molar-refractivity contribution in [2.45, 2.75) is 6.54 Å². The van der Waals surface area contributed by atoms with E-state index in [1.54, 1.807) is 24.3 Å². The Kier molecular flexibility index (Phi) is 4.30. The summed E-state index contributed by atoms with van der Waals surface area (Å²) in [5.41, 5.74) is 3.64. The van der Waals surface area contributed by atoms with Gasteiger partial charge in [-0.2, -0.15) is 0 Å². The van der Waals surface area contributed by atoms with Crippen LogP contribution in [0.15, 0.2) is 54.7 Å². The topological polar surface area (TPSA) is 53.2 Å². The van der Waals surface area contributed by atoms with Gasteiger partial charge in [-0.3, -0.25) is 4.79 Å². The van der Waals surface area contributed by atoms with Crippen LogP contribution in [0.25, 0.3) is 5.70 Å². The highest BCUT2D eigenvalue weighted by Gasteiger charge is 2.13. The summed E-state index contributed by atoms with van der Waals surface area (Å²) in [4.78, 5) is 12.2. The predicted octanol–water partition coefficient (Wildman–Crippen LogP) is 2.72. The van der Waals surface area contributed by atoms with Gasteiger partial charge in [0.2, 0.25) is 0 Å². The zero-order valence-electron chi connectivity index (χ0n) is 11.9. The molecule has 1 amide bonds. The first-order chi connectivity index (χ1) is 10.8. The molecule has 0 aromatic heterocycles. The van der Waals surface area contributed by atoms with E-state index in [2.05, 4.69) is 16.0 Å². The summed E-state index contributed by atoms with van der Waals surface area (Å²) in [6.07, 6.45) is 1.94. The minimum atomic E-state index is -0.174. The van der Waals surface area contributed by atoms with Gasteiger partial charge in [0.25, 0.3) is 5.91 Å². The van der Waals surface area contributed by atoms with Crippen LogP contribution in [0.4, 0.5) is 0 Å². The lowest BCUT2D eigenvalue weighted by Crippen LogP contribution is -2.24. The van der Waals surface area contributed by atoms with Gasteiger partial charge in [0, 0.05) is 18.3 Å². The Morgan fingerprint density at radius 3 is 2.68 bits per heavy atom. The van der Waals surface area contributed by atoms with Crippen molar-refractivity contribution in [3.8, 4) is 0 Å². The number of nitrogens with one attached hydrogen (secondary N) is 3. The van der Waals surface area contributed by atoms with E-state index in [9.17, 15) is 4.79 Å². The summed E-state index contributed by atoms with van der Waals surface area (Å²) in [6, 6.07) is 15.0. The van der Waals surface area contributed by atoms with Crippen LogP contribution >= 0.6 is 11.6 Å². The molecule has 5 heteroatoms. The van der Waals surface area contributed by atoms with Gasteiger partial charge in [-0.15, -0.1) is 0 Å². The van der Waals surface area contributed by atoms with Crippen molar-refractivity contribution in [1.29, 1.82) is 0 Å². The molecule has 0 aliphatic carbocycles. The highest BCUT2D eigenvalue weighted by atomic mass is 35.5. The number of rotatable bonds is 4. The van der Waals surface area contributed by atoms with E-state index in [0.29, 0.717) is 17.1 Å². The summed E-state index contributed by atoms with van der Waals surface area (Å²) >= 11 is 6.05. The lowest BCUT2D eigenvalue weighted by molar-refractivity contribution is 0.0951. The maximum atomic E-state index is 12.2. The number of hydrogen-bond acceptors (Lipinski definition) is 3. The van der Waals surface area contributed by atoms with E-state index in [4.69, 9.17) is 11.6 Å². The zero-order chi connectivity index (χ0) is 15.4. The molecule has 3 rings (SSSR count). The molecule has 2 aromatic rings. The van der Waals surface area contributed by atoms with Crippen molar-refractivity contribution in [1.82, 2.24) is 16.0 Å². The molecule has 3 N–H and O–H groups in total. The minimum absolute atomic E-state index is 0.174. The number of halogens is 1. The summed E-state index contributed by atoms with van der Waals surface area (Å²) in [7, 11) is 0. The monoisotopic (exact) mass is 313 g/mol. The van der Waals surface area contributed by atoms with Crippen LogP contribution in [-0.4, -0.2) is 12.6 Å². The zero-order valence-corrected chi connectivity index (χ0v) is 12.7. The molecule has 1 aliphatic rings. The largest absolute Gasteiger partial charge is 0.372 e. The fourth-order valence-corrected chi connectivity index (χ4v) is 2.60. The highest BCUT2D eigenvalue weighted by Crippen LogP contribution is 2.19. The first kappa shape index (κ1) is 14.5. The van der Waals surface area contributed by atoms with E-state index in [1.165, 1.54) is 0 Å². The van der Waals surface area contributed by atoms with E-state index in [-0.39, 0.29) is 5.91 Å². The Bertz CT molecular complexity index is 727. The van der Waals surface area contributed by atoms with E-state index in [0.717, 1.165) is 23.5 Å². The van der Waals surface area contributed by atoms with Crippen LogP contribution in [0.3, 0.4) is 0 Å². The molecule has 112 valence electrons. The average molecular weight is 314 g/mol. The van der Waals surface area contributed by atoms with Crippen LogP contribution in [0.2, 0.25) is 5.02 Å². The van der Waals surface area contributed by atoms with Crippen LogP contribution in [-0.2, 0) is 6.54 Å². The lowest BCUT2D eigenvalue weighted by atomic mass is 10.0. The molecule has 0 bridgehead atoms. The highest BCUT2D eigenvalue weighted by molar-refractivity contribution is 6.33. The maximum absolute atomic E-state index is 12.2. The van der Waals surface area contributed by atoms with Crippen molar-refractivity contribution >= 4 is 23.2 Å². The molecular weight excluding hydrogens is 298 g/mol. The molecule has 0 saturated heterocycles. The second kappa shape index (κ2) is 6.54. The molecule has 0 saturated carbocycles. The third kappa shape index (κ3) is 3.07. The molecule has 1 aliphatic heterocycles. The standard InChI is InChI=1S/C17H16ClN3O/c18-15-8-4-3-7-14(15)17(22)20-9-12-5-1-2-6-13(12)16-10-19-11-21-16/h1-8,10,19,21H,9,11H2,(H,20,22). The molecule has 2 aromatic carbocycles. The summed E-state index contributed by atoms with van der Waals surface area (Å²) < 4.78 is 0. The van der Waals surface area contributed by atoms with Gasteiger partial charge in [-0.1, -0.05) is 48.0 Å². The Morgan fingerprint density at radius 1 is 1.14 bits per heavy atom. The Hall–Kier alpha value is -2.46. The van der Waals surface area contributed by atoms with Crippen LogP contribution in [0, 0.1) is 0 Å². The summed E-state index contributed by atoms with van der Waals surface area (Å²) in [5.74, 6) is -0.174. The molecule has 22 heavy (non-hydrogen) atoms. The molecular formula is C17H16ClN3O. The van der Waals surface area contributed by atoms with E-state index >= 15 is 0 Å². The Morgan fingerprint density at radius 2 is 1.91 bits per heavy atom. The fraction of sp³-hybridized carbons (Fsp3) is 0.118. The van der Waals surface area contributed by atoms with Gasteiger partial charge in [0.1, 0.15) is 0 Å². The third-order valence-corrected chi connectivity index (χ3v) is 3.82. The van der Waals surface area contributed by atoms with Gasteiger partial charge in [0.05, 0.1) is 23.0 Å². The molecule has 0 unspecified atom stereocenters. The smallest absolute Gasteiger partial charge is 0.253 e. The normalized spacial score (nSPS) is 13.0. The molecule has 4 nitrogen and oxygen atoms in total. The van der Waals surface area contributed by atoms with Crippen molar-refractivity contribution < 1.29 is 4.79 Å². The number of hydrogen-bond donors (Lipinski definition) is 3. The number of carbonyl (C=O) groups is 1. The SMILES string of the molecule is O=C(NCc1ccccc1C1=CNCN1)c1ccccc1Cl. The van der Waals surface area contributed by atoms with Gasteiger partial charge < -0.3 is 16.0 Å². The van der Waals surface area contributed by atoms with Crippen molar-refractivity contribution in [3.05, 3.63) is 76.4 Å². The molecule has 0 fully saturated rings. The summed E-state index contributed by atoms with van der Waals surface area (Å²) in [6.45, 7) is 1.16. The second-order valence-corrected chi connectivity index (χ2v) is 5.34. The van der Waals surface area contributed by atoms with Crippen molar-refractivity contribution in [2.24, 2.45) is 0 Å². The molecule has 0 radical (unpaired) electrons. The van der Waals surface area contributed by atoms with E-state index in [1.807, 2.05) is 30.5 Å². The van der Waals surface area contributed by atoms with Gasteiger partial charge >= 0.3 is 0 Å². The predicted molar refractivity (Wildman–Crippen MR) is 88.2 cm³/mol. The molecule has 1 heterocycles. The first-order valence-electron chi connectivity index (χ1n) is 7.04. The Labute approximate surface area is 134 Å². The maximum Gasteiger partial charge on any atom is 0.253 e. The first-order valence-corrected chi connectivity index (χ1v) is 7.42. The summed E-state index contributed by atoms with van der Waals surface area (Å²) in [5, 5.41) is 9.75. The van der Waals surface area contributed by atoms with Crippen LogP contribution in [0.1, 0.15) is 21.5 Å². The second-order valence-electron chi connectivity index (χ2n) is 4.94. The van der Waals surface area contributed by atoms with E-state index < -0.39 is 0 Å². The number of benzene rings is 2. The lowest BCUT2D eigenvalue weighted by Gasteiger charge is -2.12. The quantitative estimate of drug-likeness (QED) is 0.813. The fourth-order valence-electron chi connectivity index (χ4n) is 2.38. The molecule has 0 spiro atoms. The van der Waals surface area contributed by atoms with Crippen LogP contribution < -0.4 is 16.0 Å². The van der Waals surface area contributed by atoms with Gasteiger partial charge in [0.15, 0.2) is 0 Å². The average Bonchev–Trinajstić information content (AvgIpc) is 3.07. The van der Waals surface area contributed by atoms with Crippen molar-refractivity contribution in [3.63, 3.8) is 0 Å². The van der Waals surface area contributed by atoms with Gasteiger partial charge in [-0.25, -0.2) is 0 Å². The van der Waals surface area contributed by atoms with Crippen LogP contribution in [0.5, 0.6) is 0 Å². The van der Waals surface area contributed by atoms with Crippen molar-refractivity contribution in [2.75, 3.05) is 6.67 Å². The third-order valence-electron chi connectivity index (χ3n) is 3.49.